The summed E-state index contributed by atoms with van der Waals surface area (Å²) in [7, 11) is -3.36. The summed E-state index contributed by atoms with van der Waals surface area (Å²) in [4.78, 5) is 11.3. The molecule has 6 nitrogen and oxygen atoms in total. The zero-order valence-electron chi connectivity index (χ0n) is 8.73. The summed E-state index contributed by atoms with van der Waals surface area (Å²) in [6, 6.07) is 3.95. The van der Waals surface area contributed by atoms with Crippen LogP contribution in [0.2, 0.25) is 0 Å². The van der Waals surface area contributed by atoms with E-state index in [-0.39, 0.29) is 21.9 Å². The molecule has 1 aromatic carbocycles. The monoisotopic (exact) mass is 243 g/mol. The highest BCUT2D eigenvalue weighted by Crippen LogP contribution is 2.18. The molecular formula is C9H13N3O3S. The summed E-state index contributed by atoms with van der Waals surface area (Å²) in [5.41, 5.74) is 7.68. The van der Waals surface area contributed by atoms with Crippen LogP contribution in [0.3, 0.4) is 0 Å². The summed E-state index contributed by atoms with van der Waals surface area (Å²) in [5.74, 6) is 4.30. The smallest absolute Gasteiger partial charge is 0.267 e. The van der Waals surface area contributed by atoms with Crippen LogP contribution in [0.4, 0.5) is 5.69 Å². The van der Waals surface area contributed by atoms with Crippen molar-refractivity contribution in [2.45, 2.75) is 11.8 Å². The molecule has 88 valence electrons. The Kier molecular flexibility index (Phi) is 3.51. The Morgan fingerprint density at radius 1 is 1.44 bits per heavy atom. The van der Waals surface area contributed by atoms with Crippen LogP contribution in [0.1, 0.15) is 17.3 Å². The molecule has 0 saturated heterocycles. The van der Waals surface area contributed by atoms with Crippen molar-refractivity contribution in [1.82, 2.24) is 5.43 Å². The fourth-order valence-corrected chi connectivity index (χ4v) is 2.08. The van der Waals surface area contributed by atoms with Crippen LogP contribution in [0.15, 0.2) is 23.1 Å². The lowest BCUT2D eigenvalue weighted by molar-refractivity contribution is 0.0954. The van der Waals surface area contributed by atoms with Gasteiger partial charge < -0.3 is 5.73 Å². The number of nitrogens with one attached hydrogen (secondary N) is 1. The number of nitrogen functional groups attached to an aromatic ring is 2. The first kappa shape index (κ1) is 12.5. The topological polar surface area (TPSA) is 115 Å². The van der Waals surface area contributed by atoms with Gasteiger partial charge in [-0.25, -0.2) is 14.3 Å². The molecule has 0 unspecified atom stereocenters. The predicted octanol–water partition coefficient (Wildman–Crippen LogP) is -0.334. The standard InChI is InChI=1S/C9H13N3O3S/c1-2-16(14,15)6-3-4-8(10)7(5-6)9(13)12-11/h3-5H,2,10-11H2,1H3,(H,12,13). The second-order valence-electron chi connectivity index (χ2n) is 3.13. The molecule has 1 amide bonds. The third-order valence-electron chi connectivity index (χ3n) is 2.14. The molecule has 0 spiro atoms. The maximum Gasteiger partial charge on any atom is 0.267 e. The lowest BCUT2D eigenvalue weighted by Crippen LogP contribution is -2.30. The van der Waals surface area contributed by atoms with Crippen molar-refractivity contribution in [1.29, 1.82) is 0 Å². The quantitative estimate of drug-likeness (QED) is 0.291. The number of hydrogen-bond acceptors (Lipinski definition) is 5. The third-order valence-corrected chi connectivity index (χ3v) is 3.87. The maximum atomic E-state index is 11.6. The van der Waals surface area contributed by atoms with Gasteiger partial charge in [0.1, 0.15) is 0 Å². The minimum atomic E-state index is -3.36. The van der Waals surface area contributed by atoms with Gasteiger partial charge in [-0.3, -0.25) is 10.2 Å². The summed E-state index contributed by atoms with van der Waals surface area (Å²) in [5, 5.41) is 0. The number of carbonyl (C=O) groups excluding carboxylic acids is 1. The van der Waals surface area contributed by atoms with E-state index in [1.165, 1.54) is 25.1 Å². The average Bonchev–Trinajstić information content (AvgIpc) is 2.28. The number of hydrogen-bond donors (Lipinski definition) is 3. The van der Waals surface area contributed by atoms with Crippen LogP contribution in [-0.2, 0) is 9.84 Å². The normalized spacial score (nSPS) is 11.1. The van der Waals surface area contributed by atoms with Crippen molar-refractivity contribution in [2.24, 2.45) is 5.84 Å². The highest BCUT2D eigenvalue weighted by Gasteiger charge is 2.16. The number of sulfone groups is 1. The zero-order valence-corrected chi connectivity index (χ0v) is 9.54. The number of benzene rings is 1. The first-order chi connectivity index (χ1) is 7.42. The van der Waals surface area contributed by atoms with E-state index in [9.17, 15) is 13.2 Å². The van der Waals surface area contributed by atoms with Crippen molar-refractivity contribution >= 4 is 21.4 Å². The molecule has 1 rings (SSSR count). The van der Waals surface area contributed by atoms with Gasteiger partial charge in [-0.15, -0.1) is 0 Å². The second-order valence-corrected chi connectivity index (χ2v) is 5.40. The summed E-state index contributed by atoms with van der Waals surface area (Å²) in [6.07, 6.45) is 0. The Morgan fingerprint density at radius 3 is 2.56 bits per heavy atom. The van der Waals surface area contributed by atoms with Crippen LogP contribution in [0.25, 0.3) is 0 Å². The van der Waals surface area contributed by atoms with Crippen LogP contribution in [-0.4, -0.2) is 20.1 Å². The first-order valence-electron chi connectivity index (χ1n) is 4.55. The Labute approximate surface area is 93.5 Å². The fraction of sp³-hybridized carbons (Fsp3) is 0.222. The summed E-state index contributed by atoms with van der Waals surface area (Å²) in [6.45, 7) is 1.52. The molecule has 0 heterocycles. The fourth-order valence-electron chi connectivity index (χ4n) is 1.17. The molecule has 0 radical (unpaired) electrons. The molecular weight excluding hydrogens is 230 g/mol. The van der Waals surface area contributed by atoms with E-state index in [0.29, 0.717) is 0 Å². The SMILES string of the molecule is CCS(=O)(=O)c1ccc(N)c(C(=O)NN)c1. The minimum absolute atomic E-state index is 0.0411. The van der Waals surface area contributed by atoms with Crippen LogP contribution in [0.5, 0.6) is 0 Å². The molecule has 7 heteroatoms. The summed E-state index contributed by atoms with van der Waals surface area (Å²) >= 11 is 0. The van der Waals surface area contributed by atoms with Gasteiger partial charge in [-0.05, 0) is 18.2 Å². The van der Waals surface area contributed by atoms with E-state index in [4.69, 9.17) is 11.6 Å². The van der Waals surface area contributed by atoms with Gasteiger partial charge in [0.05, 0.1) is 16.2 Å². The van der Waals surface area contributed by atoms with Gasteiger partial charge in [0.25, 0.3) is 5.91 Å². The van der Waals surface area contributed by atoms with E-state index in [2.05, 4.69) is 0 Å². The lowest BCUT2D eigenvalue weighted by Gasteiger charge is -2.07. The Bertz CT molecular complexity index is 511. The lowest BCUT2D eigenvalue weighted by atomic mass is 10.2. The van der Waals surface area contributed by atoms with Crippen molar-refractivity contribution in [3.05, 3.63) is 23.8 Å². The van der Waals surface area contributed by atoms with Crippen LogP contribution in [0, 0.1) is 0 Å². The number of nitrogens with two attached hydrogens (primary N) is 2. The number of carbonyl (C=O) groups is 1. The highest BCUT2D eigenvalue weighted by atomic mass is 32.2. The average molecular weight is 243 g/mol. The largest absolute Gasteiger partial charge is 0.398 e. The van der Waals surface area contributed by atoms with E-state index >= 15 is 0 Å². The van der Waals surface area contributed by atoms with E-state index in [1.807, 2.05) is 5.43 Å². The van der Waals surface area contributed by atoms with Crippen molar-refractivity contribution in [2.75, 3.05) is 11.5 Å². The van der Waals surface area contributed by atoms with Gasteiger partial charge in [0.2, 0.25) is 0 Å². The second kappa shape index (κ2) is 4.50. The number of hydrazine groups is 1. The maximum absolute atomic E-state index is 11.6. The van der Waals surface area contributed by atoms with Gasteiger partial charge in [0, 0.05) is 5.69 Å². The molecule has 0 aromatic heterocycles. The summed E-state index contributed by atoms with van der Waals surface area (Å²) < 4.78 is 23.1. The van der Waals surface area contributed by atoms with Gasteiger partial charge >= 0.3 is 0 Å². The predicted molar refractivity (Wildman–Crippen MR) is 60.2 cm³/mol. The zero-order chi connectivity index (χ0) is 12.3. The minimum Gasteiger partial charge on any atom is -0.398 e. The molecule has 5 N–H and O–H groups in total. The molecule has 16 heavy (non-hydrogen) atoms. The van der Waals surface area contributed by atoms with E-state index in [1.54, 1.807) is 0 Å². The third kappa shape index (κ3) is 2.31. The van der Waals surface area contributed by atoms with Gasteiger partial charge in [0.15, 0.2) is 9.84 Å². The Morgan fingerprint density at radius 2 is 2.06 bits per heavy atom. The number of rotatable bonds is 3. The number of anilines is 1. The van der Waals surface area contributed by atoms with Crippen molar-refractivity contribution in [3.63, 3.8) is 0 Å². The Hall–Kier alpha value is -1.60. The molecule has 0 bridgehead atoms. The van der Waals surface area contributed by atoms with E-state index < -0.39 is 15.7 Å². The van der Waals surface area contributed by atoms with E-state index in [0.717, 1.165) is 0 Å². The Balaban J connectivity index is 3.34. The molecule has 0 saturated carbocycles. The molecule has 0 atom stereocenters. The first-order valence-corrected chi connectivity index (χ1v) is 6.21. The van der Waals surface area contributed by atoms with Crippen LogP contribution < -0.4 is 17.0 Å². The molecule has 0 aliphatic carbocycles. The molecule has 0 aliphatic heterocycles. The number of amides is 1. The van der Waals surface area contributed by atoms with Crippen LogP contribution >= 0.6 is 0 Å². The van der Waals surface area contributed by atoms with Crippen molar-refractivity contribution in [3.8, 4) is 0 Å². The molecule has 0 aliphatic rings. The van der Waals surface area contributed by atoms with Crippen molar-refractivity contribution < 1.29 is 13.2 Å². The van der Waals surface area contributed by atoms with Gasteiger partial charge in [-0.1, -0.05) is 6.92 Å². The molecule has 0 fully saturated rings. The van der Waals surface area contributed by atoms with Gasteiger partial charge in [-0.2, -0.15) is 0 Å². The highest BCUT2D eigenvalue weighted by molar-refractivity contribution is 7.91. The molecule has 1 aromatic rings.